The molecule has 7 heteroatoms. The number of carbonyl (C=O) groups is 2. The van der Waals surface area contributed by atoms with Gasteiger partial charge in [0.2, 0.25) is 5.91 Å². The molecule has 0 saturated heterocycles. The molecular weight excluding hydrogens is 366 g/mol. The van der Waals surface area contributed by atoms with Gasteiger partial charge >= 0.3 is 0 Å². The number of aromatic nitrogens is 2. The van der Waals surface area contributed by atoms with E-state index in [0.29, 0.717) is 11.3 Å². The summed E-state index contributed by atoms with van der Waals surface area (Å²) in [5, 5.41) is 4.31. The first-order chi connectivity index (χ1) is 12.4. The van der Waals surface area contributed by atoms with Crippen molar-refractivity contribution in [1.29, 1.82) is 0 Å². The van der Waals surface area contributed by atoms with Gasteiger partial charge < -0.3 is 5.32 Å². The number of rotatable bonds is 5. The number of anilines is 1. The van der Waals surface area contributed by atoms with Gasteiger partial charge in [0.15, 0.2) is 5.78 Å². The molecule has 1 aromatic carbocycles. The Morgan fingerprint density at radius 3 is 2.65 bits per heavy atom. The maximum Gasteiger partial charge on any atom is 0.237 e. The number of aryl methyl sites for hydroxylation is 2. The molecule has 2 heterocycles. The molecule has 3 rings (SSSR count). The third-order valence-electron chi connectivity index (χ3n) is 4.15. The van der Waals surface area contributed by atoms with Crippen LogP contribution in [0.1, 0.15) is 34.6 Å². The molecule has 0 aliphatic carbocycles. The normalized spacial score (nSPS) is 12.2. The Kier molecular flexibility index (Phi) is 5.38. The van der Waals surface area contributed by atoms with Crippen LogP contribution in [0.5, 0.6) is 0 Å². The maximum atomic E-state index is 12.6. The standard InChI is InChI=1S/C19H19N3O2S2/c1-10-12(3)25-18-16(10)19(21-9-20-18)26-13(4)17(24)22-15-8-6-5-7-14(15)11(2)23/h5-9,13H,1-4H3,(H,22,24)/t13-/m0/s1. The minimum atomic E-state index is -0.368. The topological polar surface area (TPSA) is 72.0 Å². The lowest BCUT2D eigenvalue weighted by atomic mass is 10.1. The van der Waals surface area contributed by atoms with Crippen LogP contribution in [0.25, 0.3) is 10.2 Å². The summed E-state index contributed by atoms with van der Waals surface area (Å²) in [6, 6.07) is 7.03. The summed E-state index contributed by atoms with van der Waals surface area (Å²) in [7, 11) is 0. The lowest BCUT2D eigenvalue weighted by Gasteiger charge is -2.14. The number of carbonyl (C=O) groups excluding carboxylic acids is 2. The van der Waals surface area contributed by atoms with E-state index in [1.54, 1.807) is 35.6 Å². The van der Waals surface area contributed by atoms with Crippen LogP contribution < -0.4 is 5.32 Å². The van der Waals surface area contributed by atoms with E-state index >= 15 is 0 Å². The molecule has 0 saturated carbocycles. The average molecular weight is 386 g/mol. The molecule has 134 valence electrons. The Morgan fingerprint density at radius 1 is 1.19 bits per heavy atom. The van der Waals surface area contributed by atoms with E-state index in [4.69, 9.17) is 0 Å². The highest BCUT2D eigenvalue weighted by Gasteiger charge is 2.20. The van der Waals surface area contributed by atoms with Gasteiger partial charge in [-0.15, -0.1) is 11.3 Å². The van der Waals surface area contributed by atoms with Crippen molar-refractivity contribution in [1.82, 2.24) is 9.97 Å². The van der Waals surface area contributed by atoms with Crippen molar-refractivity contribution in [2.24, 2.45) is 0 Å². The second-order valence-electron chi connectivity index (χ2n) is 5.99. The highest BCUT2D eigenvalue weighted by molar-refractivity contribution is 8.00. The number of ketones is 1. The molecule has 0 spiro atoms. The van der Waals surface area contributed by atoms with Crippen molar-refractivity contribution in [2.45, 2.75) is 38.0 Å². The number of para-hydroxylation sites is 1. The molecule has 1 amide bonds. The summed E-state index contributed by atoms with van der Waals surface area (Å²) in [6.07, 6.45) is 1.54. The Labute approximate surface area is 160 Å². The van der Waals surface area contributed by atoms with Gasteiger partial charge in [-0.05, 0) is 45.4 Å². The van der Waals surface area contributed by atoms with Gasteiger partial charge in [-0.1, -0.05) is 23.9 Å². The zero-order valence-electron chi connectivity index (χ0n) is 15.0. The van der Waals surface area contributed by atoms with E-state index in [1.807, 2.05) is 6.92 Å². The summed E-state index contributed by atoms with van der Waals surface area (Å²) in [5.41, 5.74) is 2.20. The number of hydrogen-bond donors (Lipinski definition) is 1. The maximum absolute atomic E-state index is 12.6. The highest BCUT2D eigenvalue weighted by Crippen LogP contribution is 2.36. The number of benzene rings is 1. The van der Waals surface area contributed by atoms with Gasteiger partial charge in [0.25, 0.3) is 0 Å². The number of nitrogens with one attached hydrogen (secondary N) is 1. The van der Waals surface area contributed by atoms with Crippen LogP contribution in [0.4, 0.5) is 5.69 Å². The number of thiophene rings is 1. The molecule has 3 aromatic rings. The zero-order chi connectivity index (χ0) is 18.8. The second kappa shape index (κ2) is 7.55. The molecule has 0 aliphatic rings. The van der Waals surface area contributed by atoms with Crippen molar-refractivity contribution in [2.75, 3.05) is 5.32 Å². The Morgan fingerprint density at radius 2 is 1.92 bits per heavy atom. The third kappa shape index (κ3) is 3.64. The van der Waals surface area contributed by atoms with Crippen LogP contribution in [-0.2, 0) is 4.79 Å². The quantitative estimate of drug-likeness (QED) is 0.394. The first-order valence-electron chi connectivity index (χ1n) is 8.16. The fraction of sp³-hybridized carbons (Fsp3) is 0.263. The minimum absolute atomic E-state index is 0.0805. The van der Waals surface area contributed by atoms with Crippen LogP contribution in [0, 0.1) is 13.8 Å². The van der Waals surface area contributed by atoms with Crippen molar-refractivity contribution in [3.05, 3.63) is 46.6 Å². The molecule has 2 aromatic heterocycles. The van der Waals surface area contributed by atoms with E-state index in [-0.39, 0.29) is 16.9 Å². The summed E-state index contributed by atoms with van der Waals surface area (Å²) in [5.74, 6) is -0.247. The number of fused-ring (bicyclic) bond motifs is 1. The van der Waals surface area contributed by atoms with Crippen LogP contribution in [0.15, 0.2) is 35.6 Å². The van der Waals surface area contributed by atoms with E-state index in [9.17, 15) is 9.59 Å². The fourth-order valence-electron chi connectivity index (χ4n) is 2.59. The zero-order valence-corrected chi connectivity index (χ0v) is 16.6. The fourth-order valence-corrected chi connectivity index (χ4v) is 4.63. The van der Waals surface area contributed by atoms with Crippen LogP contribution in [-0.4, -0.2) is 26.9 Å². The number of amides is 1. The van der Waals surface area contributed by atoms with Gasteiger partial charge in [-0.2, -0.15) is 0 Å². The molecule has 26 heavy (non-hydrogen) atoms. The van der Waals surface area contributed by atoms with Crippen LogP contribution in [0.3, 0.4) is 0 Å². The van der Waals surface area contributed by atoms with E-state index in [1.165, 1.54) is 29.9 Å². The number of thioether (sulfide) groups is 1. The lowest BCUT2D eigenvalue weighted by Crippen LogP contribution is -2.23. The SMILES string of the molecule is CC(=O)c1ccccc1NC(=O)[C@H](C)Sc1ncnc2sc(C)c(C)c12. The van der Waals surface area contributed by atoms with Gasteiger partial charge in [0, 0.05) is 15.8 Å². The number of Topliss-reactive ketones (excluding diaryl/α,β-unsaturated/α-hetero) is 1. The van der Waals surface area contributed by atoms with Gasteiger partial charge in [0.1, 0.15) is 16.2 Å². The largest absolute Gasteiger partial charge is 0.324 e. The molecule has 0 fully saturated rings. The molecule has 0 radical (unpaired) electrons. The molecule has 5 nitrogen and oxygen atoms in total. The van der Waals surface area contributed by atoms with Gasteiger partial charge in [-0.25, -0.2) is 9.97 Å². The van der Waals surface area contributed by atoms with Crippen LogP contribution in [0.2, 0.25) is 0 Å². The van der Waals surface area contributed by atoms with E-state index in [0.717, 1.165) is 20.8 Å². The molecular formula is C19H19N3O2S2. The Hall–Kier alpha value is -2.25. The van der Waals surface area contributed by atoms with Crippen molar-refractivity contribution in [3.63, 3.8) is 0 Å². The van der Waals surface area contributed by atoms with Crippen molar-refractivity contribution in [3.8, 4) is 0 Å². The smallest absolute Gasteiger partial charge is 0.237 e. The predicted molar refractivity (Wildman–Crippen MR) is 107 cm³/mol. The Balaban J connectivity index is 1.82. The summed E-state index contributed by atoms with van der Waals surface area (Å²) < 4.78 is 0. The highest BCUT2D eigenvalue weighted by atomic mass is 32.2. The van der Waals surface area contributed by atoms with Gasteiger partial charge in [0.05, 0.1) is 10.9 Å². The Bertz CT molecular complexity index is 998. The molecule has 0 unspecified atom stereocenters. The first-order valence-corrected chi connectivity index (χ1v) is 9.86. The van der Waals surface area contributed by atoms with Crippen LogP contribution >= 0.6 is 23.1 Å². The molecule has 0 aliphatic heterocycles. The summed E-state index contributed by atoms with van der Waals surface area (Å²) >= 11 is 3.03. The van der Waals surface area contributed by atoms with Crippen molar-refractivity contribution < 1.29 is 9.59 Å². The third-order valence-corrected chi connectivity index (χ3v) is 6.37. The second-order valence-corrected chi connectivity index (χ2v) is 8.53. The predicted octanol–water partition coefficient (Wildman–Crippen LogP) is 4.63. The number of nitrogens with zero attached hydrogens (tertiary/aromatic N) is 2. The van der Waals surface area contributed by atoms with Crippen molar-refractivity contribution >= 4 is 50.7 Å². The molecule has 1 N–H and O–H groups in total. The molecule has 1 atom stereocenters. The van der Waals surface area contributed by atoms with E-state index in [2.05, 4.69) is 29.1 Å². The summed E-state index contributed by atoms with van der Waals surface area (Å²) in [4.78, 5) is 35.2. The first kappa shape index (κ1) is 18.5. The van der Waals surface area contributed by atoms with Gasteiger partial charge in [-0.3, -0.25) is 9.59 Å². The minimum Gasteiger partial charge on any atom is -0.324 e. The summed E-state index contributed by atoms with van der Waals surface area (Å²) in [6.45, 7) is 7.43. The average Bonchev–Trinajstić information content (AvgIpc) is 2.90. The monoisotopic (exact) mass is 385 g/mol. The molecule has 0 bridgehead atoms. The lowest BCUT2D eigenvalue weighted by molar-refractivity contribution is -0.115. The number of hydrogen-bond acceptors (Lipinski definition) is 6. The van der Waals surface area contributed by atoms with E-state index < -0.39 is 0 Å².